The second-order valence-electron chi connectivity index (χ2n) is 5.43. The molecule has 1 saturated carbocycles. The fourth-order valence-corrected chi connectivity index (χ4v) is 2.52. The van der Waals surface area contributed by atoms with Crippen molar-refractivity contribution >= 4 is 11.6 Å². The number of carbonyl (C=O) groups excluding carboxylic acids is 1. The van der Waals surface area contributed by atoms with E-state index in [1.54, 1.807) is 0 Å². The van der Waals surface area contributed by atoms with Crippen LogP contribution in [-0.2, 0) is 0 Å². The molecule has 2 aromatic carbocycles. The van der Waals surface area contributed by atoms with Gasteiger partial charge in [0.25, 0.3) is 0 Å². The van der Waals surface area contributed by atoms with Crippen LogP contribution in [0.4, 0.5) is 10.1 Å². The largest absolute Gasteiger partial charge is 0.376 e. The predicted octanol–water partition coefficient (Wildman–Crippen LogP) is 3.49. The summed E-state index contributed by atoms with van der Waals surface area (Å²) in [6.45, 7) is 0. The number of nitrogens with two attached hydrogens (primary N) is 1. The van der Waals surface area contributed by atoms with E-state index in [-0.39, 0.29) is 11.9 Å². The maximum Gasteiger partial charge on any atom is 0.248 e. The van der Waals surface area contributed by atoms with Gasteiger partial charge in [-0.3, -0.25) is 4.79 Å². The Morgan fingerprint density at radius 2 is 1.90 bits per heavy atom. The summed E-state index contributed by atoms with van der Waals surface area (Å²) < 4.78 is 14.0. The van der Waals surface area contributed by atoms with E-state index in [1.807, 2.05) is 30.3 Å². The Kier molecular flexibility index (Phi) is 3.60. The average molecular weight is 284 g/mol. The summed E-state index contributed by atoms with van der Waals surface area (Å²) in [5.74, 6) is -0.425. The molecule has 1 aliphatic rings. The van der Waals surface area contributed by atoms with Gasteiger partial charge in [0.2, 0.25) is 5.91 Å². The molecular formula is C17H17FN2O. The summed E-state index contributed by atoms with van der Waals surface area (Å²) in [5, 5.41) is 3.24. The summed E-state index contributed by atoms with van der Waals surface area (Å²) in [6, 6.07) is 14.2. The molecule has 4 heteroatoms. The van der Waals surface area contributed by atoms with Crippen molar-refractivity contribution in [1.82, 2.24) is 0 Å². The number of hydrogen-bond donors (Lipinski definition) is 2. The molecule has 3 nitrogen and oxygen atoms in total. The molecular weight excluding hydrogens is 267 g/mol. The second-order valence-corrected chi connectivity index (χ2v) is 5.43. The molecule has 0 spiro atoms. The van der Waals surface area contributed by atoms with Crippen molar-refractivity contribution in [2.75, 3.05) is 5.32 Å². The van der Waals surface area contributed by atoms with Crippen LogP contribution in [0, 0.1) is 11.7 Å². The van der Waals surface area contributed by atoms with Crippen molar-refractivity contribution in [3.63, 3.8) is 0 Å². The summed E-state index contributed by atoms with van der Waals surface area (Å²) in [7, 11) is 0. The second kappa shape index (κ2) is 5.56. The summed E-state index contributed by atoms with van der Waals surface area (Å²) >= 11 is 0. The lowest BCUT2D eigenvalue weighted by atomic mass is 10.0. The Morgan fingerprint density at radius 3 is 2.52 bits per heavy atom. The number of carbonyl (C=O) groups is 1. The highest BCUT2D eigenvalue weighted by atomic mass is 19.1. The van der Waals surface area contributed by atoms with Gasteiger partial charge < -0.3 is 11.1 Å². The standard InChI is InChI=1S/C17H17FN2O/c18-14-9-8-13(17(19)21)10-15(14)20-16(12-6-7-12)11-4-2-1-3-5-11/h1-5,8-10,12,16,20H,6-7H2,(H2,19,21). The highest BCUT2D eigenvalue weighted by molar-refractivity contribution is 5.93. The third-order valence-electron chi connectivity index (χ3n) is 3.81. The first-order valence-electron chi connectivity index (χ1n) is 7.06. The van der Waals surface area contributed by atoms with Crippen LogP contribution in [0.2, 0.25) is 0 Å². The molecule has 0 aliphatic heterocycles. The van der Waals surface area contributed by atoms with Gasteiger partial charge in [-0.2, -0.15) is 0 Å². The Hall–Kier alpha value is -2.36. The molecule has 3 N–H and O–H groups in total. The number of halogens is 1. The number of anilines is 1. The van der Waals surface area contributed by atoms with E-state index in [2.05, 4.69) is 5.32 Å². The van der Waals surface area contributed by atoms with Gasteiger partial charge in [0.1, 0.15) is 5.82 Å². The molecule has 0 saturated heterocycles. The molecule has 3 rings (SSSR count). The fraction of sp³-hybridized carbons (Fsp3) is 0.235. The molecule has 108 valence electrons. The quantitative estimate of drug-likeness (QED) is 0.883. The van der Waals surface area contributed by atoms with E-state index in [0.29, 0.717) is 17.2 Å². The normalized spacial score (nSPS) is 15.5. The molecule has 0 bridgehead atoms. The number of amides is 1. The molecule has 0 aromatic heterocycles. The lowest BCUT2D eigenvalue weighted by Gasteiger charge is -2.21. The van der Waals surface area contributed by atoms with Crippen LogP contribution in [0.5, 0.6) is 0 Å². The maximum atomic E-state index is 14.0. The summed E-state index contributed by atoms with van der Waals surface area (Å²) in [4.78, 5) is 11.2. The predicted molar refractivity (Wildman–Crippen MR) is 80.4 cm³/mol. The zero-order chi connectivity index (χ0) is 14.8. The number of nitrogens with one attached hydrogen (secondary N) is 1. The zero-order valence-electron chi connectivity index (χ0n) is 11.6. The minimum absolute atomic E-state index is 0.0591. The first kappa shape index (κ1) is 13.6. The van der Waals surface area contributed by atoms with Crippen molar-refractivity contribution < 1.29 is 9.18 Å². The van der Waals surface area contributed by atoms with Crippen LogP contribution >= 0.6 is 0 Å². The topological polar surface area (TPSA) is 55.1 Å². The molecule has 21 heavy (non-hydrogen) atoms. The first-order valence-corrected chi connectivity index (χ1v) is 7.06. The van der Waals surface area contributed by atoms with E-state index in [0.717, 1.165) is 18.4 Å². The number of rotatable bonds is 5. The van der Waals surface area contributed by atoms with E-state index in [9.17, 15) is 9.18 Å². The third kappa shape index (κ3) is 3.05. The zero-order valence-corrected chi connectivity index (χ0v) is 11.6. The molecule has 1 fully saturated rings. The van der Waals surface area contributed by atoms with Crippen molar-refractivity contribution in [1.29, 1.82) is 0 Å². The molecule has 1 unspecified atom stereocenters. The average Bonchev–Trinajstić information content (AvgIpc) is 3.31. The smallest absolute Gasteiger partial charge is 0.248 e. The lowest BCUT2D eigenvalue weighted by molar-refractivity contribution is 0.100. The number of hydrogen-bond acceptors (Lipinski definition) is 2. The van der Waals surface area contributed by atoms with Gasteiger partial charge in [-0.25, -0.2) is 4.39 Å². The molecule has 1 amide bonds. The van der Waals surface area contributed by atoms with Crippen molar-refractivity contribution in [2.24, 2.45) is 11.7 Å². The monoisotopic (exact) mass is 284 g/mol. The fourth-order valence-electron chi connectivity index (χ4n) is 2.52. The van der Waals surface area contributed by atoms with Gasteiger partial charge in [-0.05, 0) is 42.5 Å². The molecule has 0 radical (unpaired) electrons. The van der Waals surface area contributed by atoms with Gasteiger partial charge in [-0.15, -0.1) is 0 Å². The SMILES string of the molecule is NC(=O)c1ccc(F)c(NC(c2ccccc2)C2CC2)c1. The van der Waals surface area contributed by atoms with Gasteiger partial charge in [0, 0.05) is 5.56 Å². The Bertz CT molecular complexity index is 653. The van der Waals surface area contributed by atoms with Gasteiger partial charge in [0.15, 0.2) is 0 Å². The Morgan fingerprint density at radius 1 is 1.19 bits per heavy atom. The lowest BCUT2D eigenvalue weighted by Crippen LogP contribution is -2.16. The molecule has 1 aliphatic carbocycles. The van der Waals surface area contributed by atoms with Crippen LogP contribution in [0.3, 0.4) is 0 Å². The Labute approximate surface area is 123 Å². The highest BCUT2D eigenvalue weighted by Crippen LogP contribution is 2.43. The highest BCUT2D eigenvalue weighted by Gasteiger charge is 2.32. The van der Waals surface area contributed by atoms with Crippen molar-refractivity contribution in [3.05, 3.63) is 65.5 Å². The van der Waals surface area contributed by atoms with E-state index >= 15 is 0 Å². The van der Waals surface area contributed by atoms with Gasteiger partial charge in [-0.1, -0.05) is 30.3 Å². The van der Waals surface area contributed by atoms with Crippen molar-refractivity contribution in [3.8, 4) is 0 Å². The number of benzene rings is 2. The minimum Gasteiger partial charge on any atom is -0.376 e. The summed E-state index contributed by atoms with van der Waals surface area (Å²) in [5.41, 5.74) is 7.02. The maximum absolute atomic E-state index is 14.0. The van der Waals surface area contributed by atoms with Crippen LogP contribution in [0.25, 0.3) is 0 Å². The van der Waals surface area contributed by atoms with Crippen LogP contribution in [-0.4, -0.2) is 5.91 Å². The molecule has 0 heterocycles. The number of primary amides is 1. The molecule has 2 aromatic rings. The van der Waals surface area contributed by atoms with Gasteiger partial charge in [0.05, 0.1) is 11.7 Å². The Balaban J connectivity index is 1.90. The van der Waals surface area contributed by atoms with E-state index in [1.165, 1.54) is 18.2 Å². The van der Waals surface area contributed by atoms with Crippen LogP contribution in [0.1, 0.15) is 34.8 Å². The minimum atomic E-state index is -0.555. The third-order valence-corrected chi connectivity index (χ3v) is 3.81. The molecule has 1 atom stereocenters. The first-order chi connectivity index (χ1) is 10.1. The van der Waals surface area contributed by atoms with E-state index in [4.69, 9.17) is 5.73 Å². The summed E-state index contributed by atoms with van der Waals surface area (Å²) in [6.07, 6.45) is 2.26. The van der Waals surface area contributed by atoms with Gasteiger partial charge >= 0.3 is 0 Å². The van der Waals surface area contributed by atoms with Crippen LogP contribution in [0.15, 0.2) is 48.5 Å². The van der Waals surface area contributed by atoms with Crippen molar-refractivity contribution in [2.45, 2.75) is 18.9 Å². The van der Waals surface area contributed by atoms with Crippen LogP contribution < -0.4 is 11.1 Å². The van der Waals surface area contributed by atoms with E-state index < -0.39 is 5.91 Å².